The van der Waals surface area contributed by atoms with Gasteiger partial charge in [-0.05, 0) is 17.7 Å². The molecule has 0 spiro atoms. The van der Waals surface area contributed by atoms with E-state index in [1.165, 1.54) is 12.1 Å². The van der Waals surface area contributed by atoms with Crippen LogP contribution in [0.2, 0.25) is 0 Å². The first kappa shape index (κ1) is 19.0. The Morgan fingerprint density at radius 1 is 1.00 bits per heavy atom. The minimum absolute atomic E-state index is 0.0325. The summed E-state index contributed by atoms with van der Waals surface area (Å²) in [4.78, 5) is 12.0. The minimum atomic E-state index is -4.93. The zero-order chi connectivity index (χ0) is 18.3. The Balaban J connectivity index is 2.01. The smallest absolute Gasteiger partial charge is 0.418 e. The second kappa shape index (κ2) is 8.64. The van der Waals surface area contributed by atoms with Crippen LogP contribution in [0.3, 0.4) is 0 Å². The van der Waals surface area contributed by atoms with Gasteiger partial charge in [0.1, 0.15) is 0 Å². The Morgan fingerprint density at radius 3 is 2.12 bits per heavy atom. The number of esters is 1. The standard InChI is InChI=1S/C18H17F3O4/c19-18(20,21)16(22)15(12-24-11-13-7-3-1-4-8-13)25-17(23)14-9-5-2-6-10-14/h1-10,15-16,22H,11-12H2/t15-,16-/m1/s1. The monoisotopic (exact) mass is 354 g/mol. The van der Waals surface area contributed by atoms with Crippen molar-refractivity contribution in [1.29, 1.82) is 0 Å². The van der Waals surface area contributed by atoms with Gasteiger partial charge in [-0.2, -0.15) is 13.2 Å². The third-order valence-electron chi connectivity index (χ3n) is 3.35. The summed E-state index contributed by atoms with van der Waals surface area (Å²) in [5.74, 6) is -0.961. The number of carbonyl (C=O) groups is 1. The molecule has 7 heteroatoms. The molecule has 2 aromatic rings. The Hall–Kier alpha value is -2.38. The maximum atomic E-state index is 12.8. The van der Waals surface area contributed by atoms with Crippen LogP contribution in [0.4, 0.5) is 13.2 Å². The van der Waals surface area contributed by atoms with Crippen molar-refractivity contribution >= 4 is 5.97 Å². The summed E-state index contributed by atoms with van der Waals surface area (Å²) in [5.41, 5.74) is 0.835. The Kier molecular flexibility index (Phi) is 6.55. The van der Waals surface area contributed by atoms with Crippen molar-refractivity contribution in [1.82, 2.24) is 0 Å². The highest BCUT2D eigenvalue weighted by Crippen LogP contribution is 2.25. The predicted molar refractivity (Wildman–Crippen MR) is 83.8 cm³/mol. The molecule has 0 saturated carbocycles. The average Bonchev–Trinajstić information content (AvgIpc) is 2.61. The van der Waals surface area contributed by atoms with Crippen molar-refractivity contribution < 1.29 is 32.5 Å². The van der Waals surface area contributed by atoms with Gasteiger partial charge < -0.3 is 14.6 Å². The van der Waals surface area contributed by atoms with Crippen LogP contribution in [-0.2, 0) is 16.1 Å². The fourth-order valence-electron chi connectivity index (χ4n) is 2.05. The van der Waals surface area contributed by atoms with E-state index in [1.54, 1.807) is 48.5 Å². The number of halogens is 3. The highest BCUT2D eigenvalue weighted by molar-refractivity contribution is 5.89. The molecule has 0 heterocycles. The van der Waals surface area contributed by atoms with E-state index in [0.29, 0.717) is 0 Å². The van der Waals surface area contributed by atoms with E-state index in [2.05, 4.69) is 0 Å². The second-order valence-corrected chi connectivity index (χ2v) is 5.30. The van der Waals surface area contributed by atoms with Gasteiger partial charge in [-0.15, -0.1) is 0 Å². The van der Waals surface area contributed by atoms with Gasteiger partial charge >= 0.3 is 12.1 Å². The summed E-state index contributed by atoms with van der Waals surface area (Å²) in [6, 6.07) is 16.4. The van der Waals surface area contributed by atoms with E-state index in [0.717, 1.165) is 5.56 Å². The van der Waals surface area contributed by atoms with Crippen LogP contribution in [0, 0.1) is 0 Å². The van der Waals surface area contributed by atoms with E-state index in [1.807, 2.05) is 0 Å². The molecule has 4 nitrogen and oxygen atoms in total. The summed E-state index contributed by atoms with van der Waals surface area (Å²) in [6.45, 7) is -0.557. The van der Waals surface area contributed by atoms with Crippen molar-refractivity contribution in [3.05, 3.63) is 71.8 Å². The van der Waals surface area contributed by atoms with E-state index in [4.69, 9.17) is 9.47 Å². The van der Waals surface area contributed by atoms with Crippen molar-refractivity contribution in [2.45, 2.75) is 25.0 Å². The van der Waals surface area contributed by atoms with Gasteiger partial charge in [0.15, 0.2) is 12.2 Å². The summed E-state index contributed by atoms with van der Waals surface area (Å²) >= 11 is 0. The second-order valence-electron chi connectivity index (χ2n) is 5.30. The Labute approximate surface area is 142 Å². The van der Waals surface area contributed by atoms with Gasteiger partial charge in [-0.3, -0.25) is 0 Å². The van der Waals surface area contributed by atoms with Gasteiger partial charge in [0.05, 0.1) is 18.8 Å². The molecule has 0 unspecified atom stereocenters. The van der Waals surface area contributed by atoms with Crippen LogP contribution in [0.15, 0.2) is 60.7 Å². The number of aliphatic hydroxyl groups excluding tert-OH is 1. The van der Waals surface area contributed by atoms with Crippen LogP contribution in [0.1, 0.15) is 15.9 Å². The Morgan fingerprint density at radius 2 is 1.56 bits per heavy atom. The largest absolute Gasteiger partial charge is 0.453 e. The lowest BCUT2D eigenvalue weighted by Crippen LogP contribution is -2.44. The summed E-state index contributed by atoms with van der Waals surface area (Å²) < 4.78 is 48.4. The molecule has 0 aliphatic heterocycles. The molecule has 2 aromatic carbocycles. The molecule has 0 amide bonds. The molecular formula is C18H17F3O4. The lowest BCUT2D eigenvalue weighted by molar-refractivity contribution is -0.235. The van der Waals surface area contributed by atoms with Crippen LogP contribution in [-0.4, -0.2) is 36.1 Å². The van der Waals surface area contributed by atoms with Gasteiger partial charge in [0.25, 0.3) is 0 Å². The van der Waals surface area contributed by atoms with Crippen LogP contribution >= 0.6 is 0 Å². The summed E-state index contributed by atoms with van der Waals surface area (Å²) in [6.07, 6.45) is -9.63. The molecule has 0 aliphatic rings. The highest BCUT2D eigenvalue weighted by atomic mass is 19.4. The fourth-order valence-corrected chi connectivity index (χ4v) is 2.05. The number of rotatable bonds is 7. The van der Waals surface area contributed by atoms with Crippen molar-refractivity contribution in [3.8, 4) is 0 Å². The fraction of sp³-hybridized carbons (Fsp3) is 0.278. The van der Waals surface area contributed by atoms with Gasteiger partial charge in [0, 0.05) is 0 Å². The molecule has 0 aromatic heterocycles. The normalized spacial score (nSPS) is 13.9. The number of hydrogen-bond donors (Lipinski definition) is 1. The molecular weight excluding hydrogens is 337 g/mol. The van der Waals surface area contributed by atoms with Crippen molar-refractivity contribution in [2.24, 2.45) is 0 Å². The highest BCUT2D eigenvalue weighted by Gasteiger charge is 2.45. The number of carbonyl (C=O) groups excluding carboxylic acids is 1. The van der Waals surface area contributed by atoms with Crippen molar-refractivity contribution in [2.75, 3.05) is 6.61 Å². The third-order valence-corrected chi connectivity index (χ3v) is 3.35. The molecule has 25 heavy (non-hydrogen) atoms. The molecule has 0 radical (unpaired) electrons. The molecule has 0 aliphatic carbocycles. The first-order valence-corrected chi connectivity index (χ1v) is 7.50. The first-order valence-electron chi connectivity index (χ1n) is 7.50. The molecule has 1 N–H and O–H groups in total. The maximum Gasteiger partial charge on any atom is 0.418 e. The summed E-state index contributed by atoms with van der Waals surface area (Å²) in [5, 5.41) is 9.46. The summed E-state index contributed by atoms with van der Waals surface area (Å²) in [7, 11) is 0. The van der Waals surface area contributed by atoms with Crippen LogP contribution in [0.5, 0.6) is 0 Å². The topological polar surface area (TPSA) is 55.8 Å². The SMILES string of the molecule is O=C(O[C@H](COCc1ccccc1)[C@@H](O)C(F)(F)F)c1ccccc1. The van der Waals surface area contributed by atoms with E-state index in [-0.39, 0.29) is 12.2 Å². The van der Waals surface area contributed by atoms with E-state index in [9.17, 15) is 23.1 Å². The number of benzene rings is 2. The maximum absolute atomic E-state index is 12.8. The number of aliphatic hydroxyl groups is 1. The van der Waals surface area contributed by atoms with Crippen molar-refractivity contribution in [3.63, 3.8) is 0 Å². The average molecular weight is 354 g/mol. The lowest BCUT2D eigenvalue weighted by Gasteiger charge is -2.24. The third kappa shape index (κ3) is 5.88. The van der Waals surface area contributed by atoms with Crippen LogP contribution < -0.4 is 0 Å². The quantitative estimate of drug-likeness (QED) is 0.775. The van der Waals surface area contributed by atoms with E-state index < -0.39 is 31.0 Å². The minimum Gasteiger partial charge on any atom is -0.453 e. The lowest BCUT2D eigenvalue weighted by atomic mass is 10.2. The zero-order valence-electron chi connectivity index (χ0n) is 13.1. The van der Waals surface area contributed by atoms with E-state index >= 15 is 0 Å². The molecule has 0 bridgehead atoms. The Bertz CT molecular complexity index is 659. The molecule has 2 rings (SSSR count). The van der Waals surface area contributed by atoms with Gasteiger partial charge in [-0.25, -0.2) is 4.79 Å². The van der Waals surface area contributed by atoms with Gasteiger partial charge in [0.2, 0.25) is 0 Å². The number of ether oxygens (including phenoxy) is 2. The van der Waals surface area contributed by atoms with Gasteiger partial charge in [-0.1, -0.05) is 48.5 Å². The van der Waals surface area contributed by atoms with Crippen LogP contribution in [0.25, 0.3) is 0 Å². The molecule has 0 fully saturated rings. The predicted octanol–water partition coefficient (Wildman–Crippen LogP) is 3.35. The number of alkyl halides is 3. The molecule has 0 saturated heterocycles. The molecule has 2 atom stereocenters. The zero-order valence-corrected chi connectivity index (χ0v) is 13.1. The first-order chi connectivity index (χ1) is 11.9. The number of hydrogen-bond acceptors (Lipinski definition) is 4. The molecule has 134 valence electrons.